The third-order valence-corrected chi connectivity index (χ3v) is 3.06. The second-order valence-electron chi connectivity index (χ2n) is 4.57. The molecule has 2 atom stereocenters. The van der Waals surface area contributed by atoms with Crippen molar-refractivity contribution in [2.24, 2.45) is 0 Å². The summed E-state index contributed by atoms with van der Waals surface area (Å²) in [6.45, 7) is 3.92. The highest BCUT2D eigenvalue weighted by Gasteiger charge is 2.15. The van der Waals surface area contributed by atoms with Crippen molar-refractivity contribution in [1.82, 2.24) is 0 Å². The third kappa shape index (κ3) is 4.36. The summed E-state index contributed by atoms with van der Waals surface area (Å²) in [6, 6.07) is 5.23. The van der Waals surface area contributed by atoms with Gasteiger partial charge < -0.3 is 15.3 Å². The highest BCUT2D eigenvalue weighted by Crippen LogP contribution is 2.18. The van der Waals surface area contributed by atoms with Gasteiger partial charge in [0.05, 0.1) is 12.2 Å². The van der Waals surface area contributed by atoms with E-state index in [0.29, 0.717) is 19.3 Å². The predicted molar refractivity (Wildman–Crippen MR) is 68.1 cm³/mol. The quantitative estimate of drug-likeness (QED) is 0.711. The molecule has 1 aromatic carbocycles. The minimum absolute atomic E-state index is 0.262. The average molecular weight is 238 g/mol. The molecule has 0 aromatic heterocycles. The summed E-state index contributed by atoms with van der Waals surface area (Å²) in [5, 5.41) is 28.7. The number of phenols is 1. The fourth-order valence-corrected chi connectivity index (χ4v) is 1.94. The van der Waals surface area contributed by atoms with Crippen LogP contribution in [0.2, 0.25) is 0 Å². The molecular formula is C14H22O3. The van der Waals surface area contributed by atoms with Gasteiger partial charge in [-0.25, -0.2) is 0 Å². The monoisotopic (exact) mass is 238 g/mol. The van der Waals surface area contributed by atoms with Gasteiger partial charge in [-0.1, -0.05) is 19.4 Å². The highest BCUT2D eigenvalue weighted by molar-refractivity contribution is 5.33. The molecule has 0 aliphatic heterocycles. The van der Waals surface area contributed by atoms with Crippen LogP contribution in [0.5, 0.6) is 5.75 Å². The van der Waals surface area contributed by atoms with Gasteiger partial charge in [0, 0.05) is 0 Å². The van der Waals surface area contributed by atoms with Crippen molar-refractivity contribution in [2.75, 3.05) is 0 Å². The molecule has 96 valence electrons. The molecule has 1 aromatic rings. The maximum Gasteiger partial charge on any atom is 0.115 e. The first-order chi connectivity index (χ1) is 8.04. The van der Waals surface area contributed by atoms with Gasteiger partial charge in [-0.2, -0.15) is 0 Å². The Morgan fingerprint density at radius 2 is 1.76 bits per heavy atom. The lowest BCUT2D eigenvalue weighted by molar-refractivity contribution is 0.00979. The van der Waals surface area contributed by atoms with Crippen molar-refractivity contribution < 1.29 is 15.3 Å². The van der Waals surface area contributed by atoms with E-state index in [-0.39, 0.29) is 5.75 Å². The molecule has 0 radical (unpaired) electrons. The highest BCUT2D eigenvalue weighted by atomic mass is 16.3. The van der Waals surface area contributed by atoms with Crippen LogP contribution in [-0.4, -0.2) is 27.5 Å². The topological polar surface area (TPSA) is 60.7 Å². The maximum atomic E-state index is 9.76. The van der Waals surface area contributed by atoms with Crippen molar-refractivity contribution in [1.29, 1.82) is 0 Å². The van der Waals surface area contributed by atoms with Gasteiger partial charge in [0.1, 0.15) is 5.75 Å². The zero-order chi connectivity index (χ0) is 12.8. The molecule has 0 saturated carbocycles. The summed E-state index contributed by atoms with van der Waals surface area (Å²) in [7, 11) is 0. The predicted octanol–water partition coefficient (Wildman–Crippen LogP) is 2.16. The molecule has 1 rings (SSSR count). The molecule has 2 unspecified atom stereocenters. The first-order valence-electron chi connectivity index (χ1n) is 6.19. The number of rotatable bonds is 6. The Morgan fingerprint density at radius 1 is 1.12 bits per heavy atom. The van der Waals surface area contributed by atoms with Gasteiger partial charge in [-0.3, -0.25) is 0 Å². The Balaban J connectivity index is 2.49. The van der Waals surface area contributed by atoms with Crippen LogP contribution >= 0.6 is 0 Å². The molecule has 0 fully saturated rings. The fourth-order valence-electron chi connectivity index (χ4n) is 1.94. The summed E-state index contributed by atoms with van der Waals surface area (Å²) in [6.07, 6.45) is 1.48. The maximum absolute atomic E-state index is 9.76. The molecule has 0 saturated heterocycles. The van der Waals surface area contributed by atoms with E-state index in [1.54, 1.807) is 12.1 Å². The van der Waals surface area contributed by atoms with E-state index in [9.17, 15) is 15.3 Å². The van der Waals surface area contributed by atoms with Crippen molar-refractivity contribution >= 4 is 0 Å². The Morgan fingerprint density at radius 3 is 2.35 bits per heavy atom. The minimum atomic E-state index is -0.664. The molecule has 3 nitrogen and oxygen atoms in total. The number of aliphatic hydroxyl groups excluding tert-OH is 2. The van der Waals surface area contributed by atoms with Gasteiger partial charge in [0.25, 0.3) is 0 Å². The third-order valence-electron chi connectivity index (χ3n) is 3.06. The molecule has 0 amide bonds. The van der Waals surface area contributed by atoms with Gasteiger partial charge in [-0.15, -0.1) is 0 Å². The average Bonchev–Trinajstić information content (AvgIpc) is 2.27. The molecule has 0 heterocycles. The van der Waals surface area contributed by atoms with Crippen LogP contribution in [0.1, 0.15) is 37.3 Å². The number of hydrogen-bond donors (Lipinski definition) is 3. The normalized spacial score (nSPS) is 14.6. The lowest BCUT2D eigenvalue weighted by Crippen LogP contribution is -2.26. The van der Waals surface area contributed by atoms with Crippen molar-refractivity contribution in [2.45, 2.75) is 51.7 Å². The van der Waals surface area contributed by atoms with Crippen molar-refractivity contribution in [3.8, 4) is 5.75 Å². The van der Waals surface area contributed by atoms with Crippen LogP contribution in [0.15, 0.2) is 18.2 Å². The van der Waals surface area contributed by atoms with Gasteiger partial charge >= 0.3 is 0 Å². The van der Waals surface area contributed by atoms with Crippen LogP contribution in [0.4, 0.5) is 0 Å². The van der Waals surface area contributed by atoms with Crippen LogP contribution in [-0.2, 0) is 6.42 Å². The number of hydrogen-bond acceptors (Lipinski definition) is 3. The summed E-state index contributed by atoms with van der Waals surface area (Å²) in [4.78, 5) is 0. The van der Waals surface area contributed by atoms with Gasteiger partial charge in [0.2, 0.25) is 0 Å². The van der Waals surface area contributed by atoms with Gasteiger partial charge in [-0.05, 0) is 49.4 Å². The molecule has 0 aliphatic carbocycles. The first-order valence-corrected chi connectivity index (χ1v) is 6.19. The van der Waals surface area contributed by atoms with E-state index in [1.807, 2.05) is 19.9 Å². The zero-order valence-electron chi connectivity index (χ0n) is 10.6. The SMILES string of the molecule is CCCC(O)C(O)CCc1ccc(O)cc1C. The van der Waals surface area contributed by atoms with E-state index >= 15 is 0 Å². The first kappa shape index (κ1) is 14.0. The standard InChI is InChI=1S/C14H22O3/c1-3-4-13(16)14(17)8-6-11-5-7-12(15)9-10(11)2/h5,7,9,13-17H,3-4,6,8H2,1-2H3. The molecule has 3 heteroatoms. The number of phenolic OH excluding ortho intramolecular Hbond substituents is 1. The van der Waals surface area contributed by atoms with E-state index in [2.05, 4.69) is 0 Å². The summed E-state index contributed by atoms with van der Waals surface area (Å²) >= 11 is 0. The van der Waals surface area contributed by atoms with Crippen LogP contribution in [0.25, 0.3) is 0 Å². The van der Waals surface area contributed by atoms with E-state index < -0.39 is 12.2 Å². The summed E-state index contributed by atoms with van der Waals surface area (Å²) in [5.74, 6) is 0.262. The Kier molecular flexibility index (Phi) is 5.45. The second kappa shape index (κ2) is 6.62. The number of aromatic hydroxyl groups is 1. The second-order valence-corrected chi connectivity index (χ2v) is 4.57. The smallest absolute Gasteiger partial charge is 0.115 e. The largest absolute Gasteiger partial charge is 0.508 e. The molecule has 0 bridgehead atoms. The van der Waals surface area contributed by atoms with Crippen molar-refractivity contribution in [3.63, 3.8) is 0 Å². The molecule has 0 spiro atoms. The van der Waals surface area contributed by atoms with Crippen LogP contribution in [0.3, 0.4) is 0 Å². The van der Waals surface area contributed by atoms with E-state index in [1.165, 1.54) is 0 Å². The minimum Gasteiger partial charge on any atom is -0.508 e. The lowest BCUT2D eigenvalue weighted by atomic mass is 9.98. The summed E-state index contributed by atoms with van der Waals surface area (Å²) in [5.41, 5.74) is 2.12. The number of aryl methyl sites for hydroxylation is 2. The van der Waals surface area contributed by atoms with E-state index in [4.69, 9.17) is 0 Å². The Labute approximate surface area is 103 Å². The zero-order valence-corrected chi connectivity index (χ0v) is 10.6. The molecule has 17 heavy (non-hydrogen) atoms. The fraction of sp³-hybridized carbons (Fsp3) is 0.571. The van der Waals surface area contributed by atoms with Crippen LogP contribution < -0.4 is 0 Å². The Bertz CT molecular complexity index is 349. The Hall–Kier alpha value is -1.06. The summed E-state index contributed by atoms with van der Waals surface area (Å²) < 4.78 is 0. The van der Waals surface area contributed by atoms with E-state index in [0.717, 1.165) is 17.5 Å². The number of benzene rings is 1. The molecule has 3 N–H and O–H groups in total. The van der Waals surface area contributed by atoms with Crippen LogP contribution in [0, 0.1) is 6.92 Å². The molecule has 0 aliphatic rings. The molecular weight excluding hydrogens is 216 g/mol. The lowest BCUT2D eigenvalue weighted by Gasteiger charge is -2.17. The van der Waals surface area contributed by atoms with Crippen molar-refractivity contribution in [3.05, 3.63) is 29.3 Å². The van der Waals surface area contributed by atoms with Gasteiger partial charge in [0.15, 0.2) is 0 Å². The number of aliphatic hydroxyl groups is 2.